The Morgan fingerprint density at radius 3 is 2.69 bits per heavy atom. The first kappa shape index (κ1) is 18.3. The van der Waals surface area contributed by atoms with Crippen molar-refractivity contribution in [1.29, 1.82) is 0 Å². The fraction of sp³-hybridized carbons (Fsp3) is 0.105. The van der Waals surface area contributed by atoms with Crippen molar-refractivity contribution in [2.24, 2.45) is 5.10 Å². The van der Waals surface area contributed by atoms with Gasteiger partial charge in [0.1, 0.15) is 5.15 Å². The lowest BCUT2D eigenvalue weighted by Gasteiger charge is -2.13. The molecule has 0 aliphatic rings. The van der Waals surface area contributed by atoms with Crippen molar-refractivity contribution in [1.82, 2.24) is 10.4 Å². The van der Waals surface area contributed by atoms with Gasteiger partial charge >= 0.3 is 0 Å². The van der Waals surface area contributed by atoms with Gasteiger partial charge in [0.25, 0.3) is 5.91 Å². The quantitative estimate of drug-likeness (QED) is 0.401. The molecule has 26 heavy (non-hydrogen) atoms. The summed E-state index contributed by atoms with van der Waals surface area (Å²) >= 11 is 12.2. The number of amides is 1. The Labute approximate surface area is 160 Å². The highest BCUT2D eigenvalue weighted by Gasteiger charge is 2.19. The molecular weight excluding hydrogens is 373 g/mol. The highest BCUT2D eigenvalue weighted by atomic mass is 35.5. The Bertz CT molecular complexity index is 962. The van der Waals surface area contributed by atoms with Gasteiger partial charge in [0, 0.05) is 23.1 Å². The summed E-state index contributed by atoms with van der Waals surface area (Å²) in [4.78, 5) is 16.6. The molecule has 0 saturated carbocycles. The van der Waals surface area contributed by atoms with E-state index < -0.39 is 6.10 Å². The van der Waals surface area contributed by atoms with Crippen LogP contribution in [0.1, 0.15) is 17.2 Å². The number of fused-ring (bicyclic) bond motifs is 1. The standard InChI is InChI=1S/C19H15Cl2N3O2/c1-26-17(12-5-3-2-4-6-12)19(25)24-22-11-14-9-13-10-15(20)7-8-16(13)23-18(14)21/h2-11,17H,1H3,(H,24,25)/b22-11-/t17-/m1/s1. The minimum absolute atomic E-state index is 0.282. The smallest absolute Gasteiger partial charge is 0.273 e. The highest BCUT2D eigenvalue weighted by molar-refractivity contribution is 6.33. The van der Waals surface area contributed by atoms with Gasteiger partial charge in [-0.25, -0.2) is 10.4 Å². The van der Waals surface area contributed by atoms with Crippen LogP contribution in [0.25, 0.3) is 10.9 Å². The van der Waals surface area contributed by atoms with Crippen LogP contribution in [0.3, 0.4) is 0 Å². The lowest BCUT2D eigenvalue weighted by atomic mass is 10.1. The largest absolute Gasteiger partial charge is 0.367 e. The van der Waals surface area contributed by atoms with Crippen molar-refractivity contribution in [3.8, 4) is 0 Å². The number of methoxy groups -OCH3 is 1. The average molecular weight is 388 g/mol. The summed E-state index contributed by atoms with van der Waals surface area (Å²) in [7, 11) is 1.47. The van der Waals surface area contributed by atoms with Crippen LogP contribution in [-0.4, -0.2) is 24.2 Å². The van der Waals surface area contributed by atoms with Crippen LogP contribution in [-0.2, 0) is 9.53 Å². The Kier molecular flexibility index (Phi) is 5.83. The third kappa shape index (κ3) is 4.19. The van der Waals surface area contributed by atoms with Crippen molar-refractivity contribution in [3.05, 3.63) is 75.9 Å². The zero-order valence-corrected chi connectivity index (χ0v) is 15.3. The molecule has 3 rings (SSSR count). The third-order valence-electron chi connectivity index (χ3n) is 3.71. The molecule has 0 aliphatic heterocycles. The van der Waals surface area contributed by atoms with Crippen molar-refractivity contribution in [3.63, 3.8) is 0 Å². The fourth-order valence-corrected chi connectivity index (χ4v) is 2.85. The average Bonchev–Trinajstić information content (AvgIpc) is 2.64. The monoisotopic (exact) mass is 387 g/mol. The first-order chi connectivity index (χ1) is 12.6. The second-order valence-electron chi connectivity index (χ2n) is 5.47. The summed E-state index contributed by atoms with van der Waals surface area (Å²) < 4.78 is 5.26. The fourth-order valence-electron chi connectivity index (χ4n) is 2.48. The molecule has 0 saturated heterocycles. The summed E-state index contributed by atoms with van der Waals surface area (Å²) in [6.07, 6.45) is 0.683. The lowest BCUT2D eigenvalue weighted by Crippen LogP contribution is -2.26. The van der Waals surface area contributed by atoms with E-state index in [0.29, 0.717) is 10.6 Å². The molecule has 132 valence electrons. The van der Waals surface area contributed by atoms with E-state index >= 15 is 0 Å². The van der Waals surface area contributed by atoms with Gasteiger partial charge < -0.3 is 4.74 Å². The Morgan fingerprint density at radius 1 is 1.19 bits per heavy atom. The molecular formula is C19H15Cl2N3O2. The topological polar surface area (TPSA) is 63.6 Å². The number of ether oxygens (including phenoxy) is 1. The number of nitrogens with zero attached hydrogens (tertiary/aromatic N) is 2. The highest BCUT2D eigenvalue weighted by Crippen LogP contribution is 2.22. The van der Waals surface area contributed by atoms with Gasteiger partial charge in [0.05, 0.1) is 11.7 Å². The zero-order valence-electron chi connectivity index (χ0n) is 13.8. The molecule has 1 atom stereocenters. The zero-order chi connectivity index (χ0) is 18.5. The number of benzene rings is 2. The predicted octanol–water partition coefficient (Wildman–Crippen LogP) is 4.38. The lowest BCUT2D eigenvalue weighted by molar-refractivity contribution is -0.131. The molecule has 3 aromatic rings. The number of hydrogen-bond acceptors (Lipinski definition) is 4. The van der Waals surface area contributed by atoms with Crippen molar-refractivity contribution in [2.75, 3.05) is 7.11 Å². The van der Waals surface area contributed by atoms with Crippen LogP contribution >= 0.6 is 23.2 Å². The summed E-state index contributed by atoms with van der Waals surface area (Å²) in [6.45, 7) is 0. The number of halogens is 2. The van der Waals surface area contributed by atoms with Crippen molar-refractivity contribution in [2.45, 2.75) is 6.10 Å². The maximum absolute atomic E-state index is 12.3. The minimum Gasteiger partial charge on any atom is -0.367 e. The molecule has 0 aliphatic carbocycles. The normalized spacial score (nSPS) is 12.4. The Hall–Kier alpha value is -2.47. The van der Waals surface area contributed by atoms with Crippen molar-refractivity contribution < 1.29 is 9.53 Å². The molecule has 1 aromatic heterocycles. The van der Waals surface area contributed by atoms with E-state index in [9.17, 15) is 4.79 Å². The van der Waals surface area contributed by atoms with Crippen molar-refractivity contribution >= 4 is 46.2 Å². The summed E-state index contributed by atoms with van der Waals surface area (Å²) in [5.41, 5.74) is 4.49. The summed E-state index contributed by atoms with van der Waals surface area (Å²) in [6, 6.07) is 16.3. The van der Waals surface area contributed by atoms with Gasteiger partial charge in [-0.1, -0.05) is 53.5 Å². The van der Waals surface area contributed by atoms with Crippen LogP contribution in [0.4, 0.5) is 0 Å². The summed E-state index contributed by atoms with van der Waals surface area (Å²) in [5.74, 6) is -0.386. The molecule has 1 amide bonds. The van der Waals surface area contributed by atoms with Gasteiger partial charge in [0.15, 0.2) is 6.10 Å². The maximum Gasteiger partial charge on any atom is 0.273 e. The predicted molar refractivity (Wildman–Crippen MR) is 104 cm³/mol. The third-order valence-corrected chi connectivity index (χ3v) is 4.25. The Balaban J connectivity index is 1.76. The van der Waals surface area contributed by atoms with Gasteiger partial charge in [-0.15, -0.1) is 0 Å². The molecule has 0 bridgehead atoms. The molecule has 1 heterocycles. The molecule has 2 aromatic carbocycles. The number of nitrogens with one attached hydrogen (secondary N) is 1. The van der Waals surface area contributed by atoms with E-state index in [2.05, 4.69) is 15.5 Å². The number of hydrazone groups is 1. The Morgan fingerprint density at radius 2 is 1.96 bits per heavy atom. The number of hydrogen-bond donors (Lipinski definition) is 1. The second kappa shape index (κ2) is 8.27. The van der Waals surface area contributed by atoms with Crippen LogP contribution in [0, 0.1) is 0 Å². The molecule has 0 fully saturated rings. The van der Waals surface area contributed by atoms with E-state index in [1.807, 2.05) is 30.3 Å². The van der Waals surface area contributed by atoms with Gasteiger partial charge in [0.2, 0.25) is 0 Å². The van der Waals surface area contributed by atoms with E-state index in [1.165, 1.54) is 13.3 Å². The molecule has 0 radical (unpaired) electrons. The van der Waals surface area contributed by atoms with Crippen LogP contribution < -0.4 is 5.43 Å². The SMILES string of the molecule is CO[C@@H](C(=O)N/N=C\c1cc2cc(Cl)ccc2nc1Cl)c1ccccc1. The van der Waals surface area contributed by atoms with E-state index in [1.54, 1.807) is 24.3 Å². The molecule has 0 spiro atoms. The van der Waals surface area contributed by atoms with Crippen LogP contribution in [0.15, 0.2) is 59.7 Å². The van der Waals surface area contributed by atoms with Crippen LogP contribution in [0.2, 0.25) is 10.2 Å². The first-order valence-corrected chi connectivity index (χ1v) is 8.50. The van der Waals surface area contributed by atoms with E-state index in [-0.39, 0.29) is 11.1 Å². The maximum atomic E-state index is 12.3. The van der Waals surface area contributed by atoms with Gasteiger partial charge in [-0.05, 0) is 29.8 Å². The number of carbonyl (C=O) groups excluding carboxylic acids is 1. The van der Waals surface area contributed by atoms with E-state index in [0.717, 1.165) is 16.5 Å². The summed E-state index contributed by atoms with van der Waals surface area (Å²) in [5, 5.41) is 5.67. The molecule has 1 N–H and O–H groups in total. The number of aromatic nitrogens is 1. The second-order valence-corrected chi connectivity index (χ2v) is 6.26. The first-order valence-electron chi connectivity index (χ1n) is 7.75. The molecule has 0 unspecified atom stereocenters. The van der Waals surface area contributed by atoms with Gasteiger partial charge in [-0.3, -0.25) is 4.79 Å². The number of carbonyl (C=O) groups is 1. The van der Waals surface area contributed by atoms with E-state index in [4.69, 9.17) is 27.9 Å². The molecule has 7 heteroatoms. The number of pyridine rings is 1. The number of rotatable bonds is 5. The van der Waals surface area contributed by atoms with Gasteiger partial charge in [-0.2, -0.15) is 5.10 Å². The molecule has 5 nitrogen and oxygen atoms in total. The van der Waals surface area contributed by atoms with Crippen LogP contribution in [0.5, 0.6) is 0 Å². The minimum atomic E-state index is -0.752.